The van der Waals surface area contributed by atoms with Gasteiger partial charge in [0.1, 0.15) is 6.17 Å². The number of piperidine rings is 1. The maximum absolute atomic E-state index is 13.9. The summed E-state index contributed by atoms with van der Waals surface area (Å²) in [6.07, 6.45) is -0.551. The Morgan fingerprint density at radius 1 is 1.22 bits per heavy atom. The van der Waals surface area contributed by atoms with Crippen LogP contribution in [0.4, 0.5) is 10.3 Å². The van der Waals surface area contributed by atoms with Crippen molar-refractivity contribution in [2.24, 2.45) is 5.73 Å². The molecule has 27 heavy (non-hydrogen) atoms. The number of nitriles is 1. The molecule has 1 unspecified atom stereocenters. The van der Waals surface area contributed by atoms with Crippen molar-refractivity contribution < 1.29 is 4.39 Å². The SMILES string of the molecule is CC(c1ccc(C#N)cc1)n1c(N2CC[C@@H](F)[C@H](N)C2)nc2ccccc21. The number of nitrogens with zero attached hydrogens (tertiary/aromatic N) is 4. The van der Waals surface area contributed by atoms with Gasteiger partial charge in [-0.2, -0.15) is 5.26 Å². The van der Waals surface area contributed by atoms with Crippen LogP contribution in [-0.4, -0.2) is 34.9 Å². The molecule has 3 atom stereocenters. The molecule has 0 amide bonds. The Labute approximate surface area is 157 Å². The molecule has 2 heterocycles. The van der Waals surface area contributed by atoms with Gasteiger partial charge in [0.05, 0.1) is 34.7 Å². The van der Waals surface area contributed by atoms with Crippen LogP contribution in [-0.2, 0) is 0 Å². The highest BCUT2D eigenvalue weighted by Crippen LogP contribution is 2.32. The van der Waals surface area contributed by atoms with Crippen molar-refractivity contribution in [3.8, 4) is 6.07 Å². The van der Waals surface area contributed by atoms with Crippen molar-refractivity contribution in [1.82, 2.24) is 9.55 Å². The third kappa shape index (κ3) is 3.15. The Balaban J connectivity index is 1.79. The number of halogens is 1. The lowest BCUT2D eigenvalue weighted by atomic mass is 10.0. The van der Waals surface area contributed by atoms with E-state index < -0.39 is 12.2 Å². The molecule has 1 aliphatic heterocycles. The van der Waals surface area contributed by atoms with Crippen LogP contribution in [0.15, 0.2) is 48.5 Å². The zero-order chi connectivity index (χ0) is 19.0. The van der Waals surface area contributed by atoms with Crippen LogP contribution in [0.2, 0.25) is 0 Å². The number of alkyl halides is 1. The Hall–Kier alpha value is -2.91. The molecule has 0 spiro atoms. The summed E-state index contributed by atoms with van der Waals surface area (Å²) in [4.78, 5) is 6.92. The summed E-state index contributed by atoms with van der Waals surface area (Å²) < 4.78 is 16.0. The number of para-hydroxylation sites is 2. The number of fused-ring (bicyclic) bond motifs is 1. The van der Waals surface area contributed by atoms with Crippen LogP contribution in [0.3, 0.4) is 0 Å². The van der Waals surface area contributed by atoms with Crippen molar-refractivity contribution in [2.75, 3.05) is 18.0 Å². The van der Waals surface area contributed by atoms with Gasteiger partial charge in [0.15, 0.2) is 0 Å². The predicted octanol–water partition coefficient (Wildman–Crippen LogP) is 3.39. The number of imidazole rings is 1. The van der Waals surface area contributed by atoms with E-state index in [0.29, 0.717) is 25.1 Å². The van der Waals surface area contributed by atoms with Crippen LogP contribution < -0.4 is 10.6 Å². The van der Waals surface area contributed by atoms with Crippen molar-refractivity contribution in [3.63, 3.8) is 0 Å². The highest BCUT2D eigenvalue weighted by Gasteiger charge is 2.30. The molecule has 5 nitrogen and oxygen atoms in total. The van der Waals surface area contributed by atoms with Gasteiger partial charge in [0.2, 0.25) is 5.95 Å². The number of anilines is 1. The molecule has 0 radical (unpaired) electrons. The number of nitrogens with two attached hydrogens (primary N) is 1. The van der Waals surface area contributed by atoms with Gasteiger partial charge in [-0.05, 0) is 43.2 Å². The Kier molecular flexibility index (Phi) is 4.54. The standard InChI is InChI=1S/C21H22FN5/c1-14(16-8-6-15(12-23)7-9-16)27-20-5-3-2-4-19(20)25-21(27)26-11-10-17(22)18(24)13-26/h2-9,14,17-18H,10-11,13,24H2,1H3/t14?,17-,18-/m1/s1. The highest BCUT2D eigenvalue weighted by molar-refractivity contribution is 5.79. The summed E-state index contributed by atoms with van der Waals surface area (Å²) >= 11 is 0. The normalized spacial score (nSPS) is 21.2. The van der Waals surface area contributed by atoms with E-state index in [1.165, 1.54) is 0 Å². The molecular formula is C21H22FN5. The van der Waals surface area contributed by atoms with E-state index in [9.17, 15) is 4.39 Å². The average Bonchev–Trinajstić information content (AvgIpc) is 3.09. The molecule has 2 N–H and O–H groups in total. The van der Waals surface area contributed by atoms with E-state index in [2.05, 4.69) is 22.5 Å². The molecule has 0 bridgehead atoms. The molecule has 1 aliphatic rings. The molecule has 1 fully saturated rings. The summed E-state index contributed by atoms with van der Waals surface area (Å²) in [5.41, 5.74) is 9.64. The van der Waals surface area contributed by atoms with Gasteiger partial charge in [-0.25, -0.2) is 9.37 Å². The first-order valence-corrected chi connectivity index (χ1v) is 9.20. The van der Waals surface area contributed by atoms with Crippen LogP contribution in [0.1, 0.15) is 30.5 Å². The quantitative estimate of drug-likeness (QED) is 0.774. The molecule has 4 rings (SSSR count). The molecule has 0 saturated carbocycles. The van der Waals surface area contributed by atoms with E-state index >= 15 is 0 Å². The zero-order valence-electron chi connectivity index (χ0n) is 15.2. The van der Waals surface area contributed by atoms with E-state index in [1.807, 2.05) is 48.5 Å². The number of aromatic nitrogens is 2. The number of benzene rings is 2. The first-order chi connectivity index (χ1) is 13.1. The summed E-state index contributed by atoms with van der Waals surface area (Å²) in [7, 11) is 0. The van der Waals surface area contributed by atoms with Crippen LogP contribution >= 0.6 is 0 Å². The molecule has 1 aromatic heterocycles. The summed E-state index contributed by atoms with van der Waals surface area (Å²) in [5, 5.41) is 9.04. The molecular weight excluding hydrogens is 341 g/mol. The third-order valence-electron chi connectivity index (χ3n) is 5.34. The van der Waals surface area contributed by atoms with E-state index in [0.717, 1.165) is 22.5 Å². The predicted molar refractivity (Wildman–Crippen MR) is 104 cm³/mol. The van der Waals surface area contributed by atoms with Crippen molar-refractivity contribution >= 4 is 17.0 Å². The third-order valence-corrected chi connectivity index (χ3v) is 5.34. The average molecular weight is 363 g/mol. The number of rotatable bonds is 3. The Bertz CT molecular complexity index is 988. The lowest BCUT2D eigenvalue weighted by molar-refractivity contribution is 0.243. The topological polar surface area (TPSA) is 70.9 Å². The fourth-order valence-electron chi connectivity index (χ4n) is 3.76. The van der Waals surface area contributed by atoms with E-state index in [-0.39, 0.29) is 6.04 Å². The van der Waals surface area contributed by atoms with Crippen molar-refractivity contribution in [3.05, 3.63) is 59.7 Å². The second-order valence-electron chi connectivity index (χ2n) is 7.09. The monoisotopic (exact) mass is 363 g/mol. The van der Waals surface area contributed by atoms with Crippen LogP contribution in [0.5, 0.6) is 0 Å². The smallest absolute Gasteiger partial charge is 0.207 e. The molecule has 138 valence electrons. The maximum atomic E-state index is 13.9. The maximum Gasteiger partial charge on any atom is 0.207 e. The molecule has 3 aromatic rings. The van der Waals surface area contributed by atoms with Gasteiger partial charge in [-0.3, -0.25) is 0 Å². The summed E-state index contributed by atoms with van der Waals surface area (Å²) in [6.45, 7) is 3.16. The largest absolute Gasteiger partial charge is 0.340 e. The lowest BCUT2D eigenvalue weighted by Gasteiger charge is -2.35. The Morgan fingerprint density at radius 3 is 2.67 bits per heavy atom. The second kappa shape index (κ2) is 7.01. The molecule has 1 saturated heterocycles. The Morgan fingerprint density at radius 2 is 1.96 bits per heavy atom. The minimum absolute atomic E-state index is 0.0134. The minimum atomic E-state index is -0.963. The van der Waals surface area contributed by atoms with Crippen molar-refractivity contribution in [1.29, 1.82) is 5.26 Å². The fraction of sp³-hybridized carbons (Fsp3) is 0.333. The van der Waals surface area contributed by atoms with Gasteiger partial charge in [0.25, 0.3) is 0 Å². The first kappa shape index (κ1) is 17.5. The summed E-state index contributed by atoms with van der Waals surface area (Å²) in [6, 6.07) is 17.3. The van der Waals surface area contributed by atoms with Gasteiger partial charge >= 0.3 is 0 Å². The highest BCUT2D eigenvalue weighted by atomic mass is 19.1. The molecule has 2 aromatic carbocycles. The van der Waals surface area contributed by atoms with Crippen molar-refractivity contribution in [2.45, 2.75) is 31.6 Å². The van der Waals surface area contributed by atoms with E-state index in [4.69, 9.17) is 16.0 Å². The fourth-order valence-corrected chi connectivity index (χ4v) is 3.76. The number of hydrogen-bond acceptors (Lipinski definition) is 4. The molecule has 6 heteroatoms. The van der Waals surface area contributed by atoms with E-state index in [1.54, 1.807) is 0 Å². The van der Waals surface area contributed by atoms with Gasteiger partial charge in [-0.1, -0.05) is 24.3 Å². The molecule has 0 aliphatic carbocycles. The van der Waals surface area contributed by atoms with Gasteiger partial charge in [0, 0.05) is 13.1 Å². The minimum Gasteiger partial charge on any atom is -0.340 e. The second-order valence-corrected chi connectivity index (χ2v) is 7.09. The van der Waals surface area contributed by atoms with Crippen LogP contribution in [0, 0.1) is 11.3 Å². The number of hydrogen-bond donors (Lipinski definition) is 1. The van der Waals surface area contributed by atoms with Crippen LogP contribution in [0.25, 0.3) is 11.0 Å². The summed E-state index contributed by atoms with van der Waals surface area (Å²) in [5.74, 6) is 0.815. The lowest BCUT2D eigenvalue weighted by Crippen LogP contribution is -2.50. The van der Waals surface area contributed by atoms with Gasteiger partial charge < -0.3 is 15.2 Å². The van der Waals surface area contributed by atoms with Gasteiger partial charge in [-0.15, -0.1) is 0 Å². The zero-order valence-corrected chi connectivity index (χ0v) is 15.2. The first-order valence-electron chi connectivity index (χ1n) is 9.20.